The Morgan fingerprint density at radius 2 is 1.95 bits per heavy atom. The van der Waals surface area contributed by atoms with E-state index in [0.717, 1.165) is 36.8 Å². The second-order valence-corrected chi connectivity index (χ2v) is 7.76. The van der Waals surface area contributed by atoms with E-state index in [2.05, 4.69) is 6.07 Å². The lowest BCUT2D eigenvalue weighted by molar-refractivity contribution is 0.0787. The van der Waals surface area contributed by atoms with Crippen molar-refractivity contribution in [1.29, 1.82) is 0 Å². The highest BCUT2D eigenvalue weighted by Crippen LogP contribution is 2.39. The van der Waals surface area contributed by atoms with Gasteiger partial charge in [0.2, 0.25) is 0 Å². The third-order valence-electron chi connectivity index (χ3n) is 4.56. The molecule has 1 aliphatic rings. The predicted octanol–water partition coefficient (Wildman–Crippen LogP) is 3.79. The number of benzene rings is 1. The van der Waals surface area contributed by atoms with Gasteiger partial charge >= 0.3 is 0 Å². The first kappa shape index (κ1) is 14.9. The number of hydrogen-bond acceptors (Lipinski definition) is 4. The fourth-order valence-electron chi connectivity index (χ4n) is 3.09. The van der Waals surface area contributed by atoms with Gasteiger partial charge in [0, 0.05) is 12.5 Å². The molecule has 1 aromatic carbocycles. The van der Waals surface area contributed by atoms with Crippen molar-refractivity contribution in [3.8, 4) is 0 Å². The van der Waals surface area contributed by atoms with E-state index in [9.17, 15) is 10.2 Å². The van der Waals surface area contributed by atoms with Crippen LogP contribution < -0.4 is 0 Å². The second kappa shape index (κ2) is 5.67. The second-order valence-electron chi connectivity index (χ2n) is 6.69. The van der Waals surface area contributed by atoms with Crippen molar-refractivity contribution in [3.63, 3.8) is 0 Å². The Bertz CT molecular complexity index is 621. The van der Waals surface area contributed by atoms with Gasteiger partial charge < -0.3 is 10.2 Å². The molecule has 0 unspecified atom stereocenters. The molecule has 2 N–H and O–H groups in total. The first-order valence-electron chi connectivity index (χ1n) is 7.71. The molecule has 1 aliphatic carbocycles. The molecule has 114 valence electrons. The molecule has 0 amide bonds. The smallest absolute Gasteiger partial charge is 0.0969 e. The third kappa shape index (κ3) is 3.12. The van der Waals surface area contributed by atoms with Gasteiger partial charge in [-0.2, -0.15) is 0 Å². The first-order valence-corrected chi connectivity index (χ1v) is 8.53. The summed E-state index contributed by atoms with van der Waals surface area (Å²) in [5, 5.41) is 20.6. The van der Waals surface area contributed by atoms with Gasteiger partial charge in [-0.05, 0) is 63.1 Å². The van der Waals surface area contributed by atoms with Gasteiger partial charge in [0.05, 0.1) is 20.8 Å². The zero-order chi connectivity index (χ0) is 15.0. The summed E-state index contributed by atoms with van der Waals surface area (Å²) < 4.78 is 1.20. The van der Waals surface area contributed by atoms with Gasteiger partial charge in [-0.1, -0.05) is 6.07 Å². The van der Waals surface area contributed by atoms with Crippen molar-refractivity contribution in [2.45, 2.75) is 51.0 Å². The number of rotatable bonds is 3. The number of aliphatic hydroxyl groups excluding tert-OH is 1. The molecule has 0 radical (unpaired) electrons. The van der Waals surface area contributed by atoms with E-state index in [1.807, 2.05) is 12.1 Å². The van der Waals surface area contributed by atoms with E-state index < -0.39 is 5.60 Å². The molecule has 3 nitrogen and oxygen atoms in total. The number of aliphatic hydroxyl groups is 2. The minimum absolute atomic E-state index is 0.321. The predicted molar refractivity (Wildman–Crippen MR) is 86.6 cm³/mol. The first-order chi connectivity index (χ1) is 9.97. The van der Waals surface area contributed by atoms with Gasteiger partial charge in [0.25, 0.3) is 0 Å². The maximum Gasteiger partial charge on any atom is 0.0969 e. The number of fused-ring (bicyclic) bond motifs is 1. The monoisotopic (exact) mass is 305 g/mol. The molecule has 1 fully saturated rings. The minimum Gasteiger partial charge on any atom is -0.396 e. The van der Waals surface area contributed by atoms with Crippen LogP contribution in [-0.2, 0) is 5.60 Å². The summed E-state index contributed by atoms with van der Waals surface area (Å²) in [4.78, 5) is 4.81. The van der Waals surface area contributed by atoms with E-state index in [1.165, 1.54) is 9.71 Å². The summed E-state index contributed by atoms with van der Waals surface area (Å²) in [7, 11) is 0. The van der Waals surface area contributed by atoms with Crippen molar-refractivity contribution in [2.24, 2.45) is 5.92 Å². The Balaban J connectivity index is 1.84. The molecule has 4 heteroatoms. The lowest BCUT2D eigenvalue weighted by Gasteiger charge is -2.25. The lowest BCUT2D eigenvalue weighted by atomic mass is 9.83. The maximum absolute atomic E-state index is 10.1. The zero-order valence-corrected chi connectivity index (χ0v) is 13.5. The Labute approximate surface area is 129 Å². The lowest BCUT2D eigenvalue weighted by Crippen LogP contribution is -2.16. The van der Waals surface area contributed by atoms with Gasteiger partial charge in [-0.25, -0.2) is 4.98 Å². The van der Waals surface area contributed by atoms with Crippen molar-refractivity contribution in [2.75, 3.05) is 6.61 Å². The minimum atomic E-state index is -0.822. The standard InChI is InChI=1S/C17H23NO2S/c1-17(2,20)13-7-8-15-14(9-13)18-16(21-15)12-5-3-11(10-19)4-6-12/h7-9,11-12,19-20H,3-6,10H2,1-2H3. The molecular formula is C17H23NO2S. The van der Waals surface area contributed by atoms with Crippen molar-refractivity contribution in [1.82, 2.24) is 4.98 Å². The molecule has 2 aromatic rings. The molecule has 0 bridgehead atoms. The number of thiazole rings is 1. The van der Waals surface area contributed by atoms with Crippen LogP contribution in [-0.4, -0.2) is 21.8 Å². The molecular weight excluding hydrogens is 282 g/mol. The molecule has 1 saturated carbocycles. The van der Waals surface area contributed by atoms with Crippen LogP contribution in [0.15, 0.2) is 18.2 Å². The van der Waals surface area contributed by atoms with Crippen molar-refractivity contribution >= 4 is 21.6 Å². The highest BCUT2D eigenvalue weighted by atomic mass is 32.1. The summed E-state index contributed by atoms with van der Waals surface area (Å²) in [5.41, 5.74) is 1.09. The molecule has 1 heterocycles. The number of aromatic nitrogens is 1. The van der Waals surface area contributed by atoms with Crippen LogP contribution in [0.2, 0.25) is 0 Å². The van der Waals surface area contributed by atoms with Crippen LogP contribution >= 0.6 is 11.3 Å². The molecule has 0 aliphatic heterocycles. The molecule has 0 atom stereocenters. The zero-order valence-electron chi connectivity index (χ0n) is 12.7. The average molecular weight is 305 g/mol. The van der Waals surface area contributed by atoms with Crippen LogP contribution in [0.4, 0.5) is 0 Å². The Kier molecular flexibility index (Phi) is 4.04. The molecule has 0 spiro atoms. The van der Waals surface area contributed by atoms with E-state index in [0.29, 0.717) is 18.4 Å². The summed E-state index contributed by atoms with van der Waals surface area (Å²) >= 11 is 1.78. The van der Waals surface area contributed by atoms with Crippen LogP contribution in [0.3, 0.4) is 0 Å². The summed E-state index contributed by atoms with van der Waals surface area (Å²) in [5.74, 6) is 1.02. The van der Waals surface area contributed by atoms with Crippen LogP contribution in [0.25, 0.3) is 10.2 Å². The topological polar surface area (TPSA) is 53.4 Å². The number of nitrogens with zero attached hydrogens (tertiary/aromatic N) is 1. The largest absolute Gasteiger partial charge is 0.396 e. The molecule has 3 rings (SSSR count). The molecule has 1 aromatic heterocycles. The highest BCUT2D eigenvalue weighted by Gasteiger charge is 2.25. The van der Waals surface area contributed by atoms with E-state index >= 15 is 0 Å². The van der Waals surface area contributed by atoms with E-state index in [-0.39, 0.29) is 0 Å². The maximum atomic E-state index is 10.1. The summed E-state index contributed by atoms with van der Waals surface area (Å²) in [6, 6.07) is 6.07. The van der Waals surface area contributed by atoms with Crippen molar-refractivity contribution in [3.05, 3.63) is 28.8 Å². The van der Waals surface area contributed by atoms with Gasteiger partial charge in [0.15, 0.2) is 0 Å². The SMILES string of the molecule is CC(C)(O)c1ccc2sc(C3CCC(CO)CC3)nc2c1. The quantitative estimate of drug-likeness (QED) is 0.907. The fourth-order valence-corrected chi connectivity index (χ4v) is 4.21. The van der Waals surface area contributed by atoms with Crippen LogP contribution in [0.1, 0.15) is 56.0 Å². The van der Waals surface area contributed by atoms with E-state index in [1.54, 1.807) is 25.2 Å². The fraction of sp³-hybridized carbons (Fsp3) is 0.588. The van der Waals surface area contributed by atoms with Gasteiger partial charge in [-0.3, -0.25) is 0 Å². The normalized spacial score (nSPS) is 23.6. The Morgan fingerprint density at radius 3 is 2.57 bits per heavy atom. The van der Waals surface area contributed by atoms with Crippen LogP contribution in [0.5, 0.6) is 0 Å². The molecule has 0 saturated heterocycles. The summed E-state index contributed by atoms with van der Waals surface area (Å²) in [6.45, 7) is 3.93. The molecule has 21 heavy (non-hydrogen) atoms. The highest BCUT2D eigenvalue weighted by molar-refractivity contribution is 7.18. The van der Waals surface area contributed by atoms with E-state index in [4.69, 9.17) is 4.98 Å². The number of hydrogen-bond donors (Lipinski definition) is 2. The van der Waals surface area contributed by atoms with Gasteiger partial charge in [-0.15, -0.1) is 11.3 Å². The van der Waals surface area contributed by atoms with Crippen LogP contribution in [0, 0.1) is 5.92 Å². The van der Waals surface area contributed by atoms with Crippen molar-refractivity contribution < 1.29 is 10.2 Å². The summed E-state index contributed by atoms with van der Waals surface area (Å²) in [6.07, 6.45) is 4.46. The average Bonchev–Trinajstić information content (AvgIpc) is 2.89. The Hall–Kier alpha value is -0.970. The third-order valence-corrected chi connectivity index (χ3v) is 5.76. The van der Waals surface area contributed by atoms with Gasteiger partial charge in [0.1, 0.15) is 0 Å². The Morgan fingerprint density at radius 1 is 1.24 bits per heavy atom.